The summed E-state index contributed by atoms with van der Waals surface area (Å²) >= 11 is 13.7. The van der Waals surface area contributed by atoms with Crippen molar-refractivity contribution < 1.29 is 0 Å². The predicted molar refractivity (Wildman–Crippen MR) is 154 cm³/mol. The van der Waals surface area contributed by atoms with Gasteiger partial charge in [-0.25, -0.2) is 0 Å². The Bertz CT molecular complexity index is 1270. The molecule has 0 N–H and O–H groups in total. The van der Waals surface area contributed by atoms with Crippen molar-refractivity contribution in [2.75, 3.05) is 4.90 Å². The lowest BCUT2D eigenvalue weighted by Gasteiger charge is -2.30. The van der Waals surface area contributed by atoms with Gasteiger partial charge in [-0.2, -0.15) is 0 Å². The first-order valence-corrected chi connectivity index (χ1v) is 12.8. The van der Waals surface area contributed by atoms with Crippen LogP contribution in [-0.2, 0) is 10.8 Å². The van der Waals surface area contributed by atoms with Crippen LogP contribution in [0.25, 0.3) is 11.1 Å². The first-order chi connectivity index (χ1) is 16.4. The monoisotopic (exact) mass is 501 g/mol. The van der Waals surface area contributed by atoms with Crippen molar-refractivity contribution in [1.82, 2.24) is 0 Å². The molecule has 0 spiro atoms. The molecular weight excluding hydrogens is 469 g/mol. The van der Waals surface area contributed by atoms with Crippen molar-refractivity contribution in [2.24, 2.45) is 0 Å². The molecule has 4 rings (SSSR count). The fourth-order valence-corrected chi connectivity index (χ4v) is 4.59. The van der Waals surface area contributed by atoms with Crippen molar-refractivity contribution >= 4 is 40.3 Å². The summed E-state index contributed by atoms with van der Waals surface area (Å²) in [6.07, 6.45) is 0. The molecule has 1 nitrogen and oxygen atoms in total. The van der Waals surface area contributed by atoms with Gasteiger partial charge < -0.3 is 4.90 Å². The normalized spacial score (nSPS) is 12.0. The Morgan fingerprint density at radius 1 is 0.543 bits per heavy atom. The van der Waals surface area contributed by atoms with E-state index < -0.39 is 0 Å². The second kappa shape index (κ2) is 9.72. The van der Waals surface area contributed by atoms with Gasteiger partial charge in [0.2, 0.25) is 0 Å². The van der Waals surface area contributed by atoms with Gasteiger partial charge in [0.15, 0.2) is 0 Å². The maximum absolute atomic E-state index is 6.93. The molecule has 35 heavy (non-hydrogen) atoms. The summed E-state index contributed by atoms with van der Waals surface area (Å²) in [5, 5.41) is 1.07. The van der Waals surface area contributed by atoms with E-state index in [1.165, 1.54) is 11.1 Å². The molecule has 180 valence electrons. The molecule has 0 heterocycles. The molecule has 0 aliphatic carbocycles. The average Bonchev–Trinajstić information content (AvgIpc) is 2.82. The lowest BCUT2D eigenvalue weighted by molar-refractivity contribution is 0.590. The van der Waals surface area contributed by atoms with E-state index >= 15 is 0 Å². The highest BCUT2D eigenvalue weighted by Crippen LogP contribution is 2.45. The summed E-state index contributed by atoms with van der Waals surface area (Å²) in [7, 11) is 0. The Morgan fingerprint density at radius 3 is 1.54 bits per heavy atom. The van der Waals surface area contributed by atoms with E-state index in [0.29, 0.717) is 10.0 Å². The second-order valence-corrected chi connectivity index (χ2v) is 11.9. The SMILES string of the molecule is CC(C)(C)c1cccc(N(c2cccc(C(C)(C)C)c2)c2cc(-c3ccccc3)cc(Cl)c2Cl)c1. The van der Waals surface area contributed by atoms with Crippen LogP contribution >= 0.6 is 23.2 Å². The molecule has 0 aliphatic rings. The summed E-state index contributed by atoms with van der Waals surface area (Å²) < 4.78 is 0. The zero-order valence-corrected chi connectivity index (χ0v) is 22.9. The van der Waals surface area contributed by atoms with Crippen LogP contribution < -0.4 is 4.90 Å². The first kappa shape index (κ1) is 25.4. The molecule has 3 heteroatoms. The third-order valence-corrected chi connectivity index (χ3v) is 7.09. The van der Waals surface area contributed by atoms with Gasteiger partial charge in [0.1, 0.15) is 0 Å². The number of anilines is 3. The van der Waals surface area contributed by atoms with Crippen LogP contribution in [0.3, 0.4) is 0 Å². The minimum absolute atomic E-state index is 0.0161. The number of rotatable bonds is 4. The van der Waals surface area contributed by atoms with Crippen LogP contribution in [0.4, 0.5) is 17.1 Å². The molecular formula is C32H33Cl2N. The van der Waals surface area contributed by atoms with Crippen LogP contribution in [0, 0.1) is 0 Å². The fourth-order valence-electron chi connectivity index (χ4n) is 4.18. The van der Waals surface area contributed by atoms with E-state index in [4.69, 9.17) is 23.2 Å². The minimum atomic E-state index is 0.0161. The van der Waals surface area contributed by atoms with E-state index in [2.05, 4.69) is 113 Å². The molecule has 0 aromatic heterocycles. The Balaban J connectivity index is 1.99. The largest absolute Gasteiger partial charge is 0.309 e. The number of hydrogen-bond acceptors (Lipinski definition) is 1. The molecule has 0 radical (unpaired) electrons. The summed E-state index contributed by atoms with van der Waals surface area (Å²) in [4.78, 5) is 2.23. The Labute approximate surface area is 220 Å². The lowest BCUT2D eigenvalue weighted by Crippen LogP contribution is -2.16. The summed E-state index contributed by atoms with van der Waals surface area (Å²) in [6.45, 7) is 13.4. The Morgan fingerprint density at radius 2 is 1.06 bits per heavy atom. The smallest absolute Gasteiger partial charge is 0.0833 e. The number of hydrogen-bond donors (Lipinski definition) is 0. The van der Waals surface area contributed by atoms with Crippen LogP contribution in [-0.4, -0.2) is 0 Å². The lowest BCUT2D eigenvalue weighted by atomic mass is 9.86. The van der Waals surface area contributed by atoms with Gasteiger partial charge in [-0.15, -0.1) is 0 Å². The standard InChI is InChI=1S/C32H33Cl2N/c1-31(2,3)24-14-10-16-26(20-24)35(27-17-11-15-25(21-27)32(4,5)6)29-19-23(18-28(33)30(29)34)22-12-8-7-9-13-22/h7-21H,1-6H3. The molecule has 0 unspecified atom stereocenters. The van der Waals surface area contributed by atoms with E-state index in [9.17, 15) is 0 Å². The molecule has 0 bridgehead atoms. The highest BCUT2D eigenvalue weighted by atomic mass is 35.5. The number of nitrogens with zero attached hydrogens (tertiary/aromatic N) is 1. The van der Waals surface area contributed by atoms with Gasteiger partial charge in [-0.3, -0.25) is 0 Å². The maximum atomic E-state index is 6.93. The van der Waals surface area contributed by atoms with Crippen molar-refractivity contribution in [3.8, 4) is 11.1 Å². The third-order valence-electron chi connectivity index (χ3n) is 6.30. The summed E-state index contributed by atoms with van der Waals surface area (Å²) in [5.41, 5.74) is 7.62. The van der Waals surface area contributed by atoms with Crippen molar-refractivity contribution in [2.45, 2.75) is 52.4 Å². The topological polar surface area (TPSA) is 3.24 Å². The van der Waals surface area contributed by atoms with E-state index in [1.54, 1.807) is 0 Å². The Hall–Kier alpha value is -2.74. The van der Waals surface area contributed by atoms with Crippen LogP contribution in [0.2, 0.25) is 10.0 Å². The highest BCUT2D eigenvalue weighted by molar-refractivity contribution is 6.44. The molecule has 0 fully saturated rings. The molecule has 0 amide bonds. The van der Waals surface area contributed by atoms with E-state index in [1.807, 2.05) is 24.3 Å². The zero-order valence-electron chi connectivity index (χ0n) is 21.4. The van der Waals surface area contributed by atoms with E-state index in [0.717, 1.165) is 28.2 Å². The molecule has 0 saturated heterocycles. The quantitative estimate of drug-likeness (QED) is 0.268. The van der Waals surface area contributed by atoms with Crippen LogP contribution in [0.5, 0.6) is 0 Å². The minimum Gasteiger partial charge on any atom is -0.309 e. The van der Waals surface area contributed by atoms with Gasteiger partial charge in [-0.1, -0.05) is 119 Å². The van der Waals surface area contributed by atoms with Gasteiger partial charge >= 0.3 is 0 Å². The predicted octanol–water partition coefficient (Wildman–Crippen LogP) is 10.7. The van der Waals surface area contributed by atoms with Crippen molar-refractivity contribution in [1.29, 1.82) is 0 Å². The summed E-state index contributed by atoms with van der Waals surface area (Å²) in [5.74, 6) is 0. The maximum Gasteiger partial charge on any atom is 0.0833 e. The third kappa shape index (κ3) is 5.58. The second-order valence-electron chi connectivity index (χ2n) is 11.1. The highest BCUT2D eigenvalue weighted by Gasteiger charge is 2.23. The van der Waals surface area contributed by atoms with Crippen LogP contribution in [0.1, 0.15) is 52.7 Å². The number of benzene rings is 4. The number of halogens is 2. The van der Waals surface area contributed by atoms with Crippen LogP contribution in [0.15, 0.2) is 91.0 Å². The van der Waals surface area contributed by atoms with Crippen molar-refractivity contribution in [3.05, 3.63) is 112 Å². The average molecular weight is 503 g/mol. The molecule has 4 aromatic carbocycles. The van der Waals surface area contributed by atoms with E-state index in [-0.39, 0.29) is 10.8 Å². The van der Waals surface area contributed by atoms with Gasteiger partial charge in [0, 0.05) is 11.4 Å². The summed E-state index contributed by atoms with van der Waals surface area (Å²) in [6, 6.07) is 31.7. The zero-order chi connectivity index (χ0) is 25.4. The van der Waals surface area contributed by atoms with Gasteiger partial charge in [0.05, 0.1) is 15.7 Å². The molecule has 0 atom stereocenters. The molecule has 4 aromatic rings. The Kier molecular flexibility index (Phi) is 7.04. The first-order valence-electron chi connectivity index (χ1n) is 12.0. The molecule has 0 saturated carbocycles. The van der Waals surface area contributed by atoms with Crippen molar-refractivity contribution in [3.63, 3.8) is 0 Å². The molecule has 0 aliphatic heterocycles. The fraction of sp³-hybridized carbons (Fsp3) is 0.250. The van der Waals surface area contributed by atoms with Gasteiger partial charge in [0.25, 0.3) is 0 Å². The van der Waals surface area contributed by atoms with Gasteiger partial charge in [-0.05, 0) is 69.5 Å².